The van der Waals surface area contributed by atoms with Crippen molar-refractivity contribution < 1.29 is 42.6 Å². The van der Waals surface area contributed by atoms with Gasteiger partial charge in [0.25, 0.3) is 0 Å². The summed E-state index contributed by atoms with van der Waals surface area (Å²) in [4.78, 5) is 0. The summed E-state index contributed by atoms with van der Waals surface area (Å²) < 4.78 is 60.6. The van der Waals surface area contributed by atoms with Gasteiger partial charge in [0.05, 0.1) is 46.2 Å². The number of hydrogen-bond acceptors (Lipinski definition) is 9. The van der Waals surface area contributed by atoms with Crippen LogP contribution in [0.5, 0.6) is 0 Å². The number of benzene rings is 5. The Labute approximate surface area is 381 Å². The molecule has 0 bridgehead atoms. The SMILES string of the molecule is CCCCCCCCCCO[C@H]1O[C@H](COCc2ccccc2)[C@@H](OCc2ccccc2)[C@@H]1O[C@@H]1O[C@H](COCc2ccccc2)[C@@H](OCc2ccccc2)[C@@H]1OCc1ccccc1. The van der Waals surface area contributed by atoms with Crippen LogP contribution in [-0.2, 0) is 75.7 Å². The van der Waals surface area contributed by atoms with Crippen LogP contribution in [0.15, 0.2) is 152 Å². The summed E-state index contributed by atoms with van der Waals surface area (Å²) in [5.41, 5.74) is 5.27. The van der Waals surface area contributed by atoms with Crippen LogP contribution in [0.2, 0.25) is 0 Å². The highest BCUT2D eigenvalue weighted by Crippen LogP contribution is 2.36. The van der Waals surface area contributed by atoms with E-state index in [0.717, 1.165) is 40.7 Å². The fourth-order valence-corrected chi connectivity index (χ4v) is 8.24. The van der Waals surface area contributed by atoms with Crippen LogP contribution in [0.25, 0.3) is 0 Å². The first kappa shape index (κ1) is 47.7. The molecular weight excluding hydrogens is 805 g/mol. The lowest BCUT2D eigenvalue weighted by Gasteiger charge is -2.30. The third kappa shape index (κ3) is 15.4. The van der Waals surface area contributed by atoms with Gasteiger partial charge in [-0.2, -0.15) is 0 Å². The molecule has 9 heteroatoms. The van der Waals surface area contributed by atoms with Crippen LogP contribution in [0.1, 0.15) is 86.1 Å². The molecule has 0 N–H and O–H groups in total. The summed E-state index contributed by atoms with van der Waals surface area (Å²) in [7, 11) is 0. The fraction of sp³-hybridized carbons (Fsp3) is 0.455. The molecule has 0 aromatic heterocycles. The first-order valence-corrected chi connectivity index (χ1v) is 23.5. The van der Waals surface area contributed by atoms with Crippen molar-refractivity contribution in [1.82, 2.24) is 0 Å². The zero-order valence-corrected chi connectivity index (χ0v) is 37.5. The maximum Gasteiger partial charge on any atom is 0.187 e. The van der Waals surface area contributed by atoms with Gasteiger partial charge in [-0.1, -0.05) is 204 Å². The van der Waals surface area contributed by atoms with Gasteiger partial charge in [0.15, 0.2) is 12.6 Å². The summed E-state index contributed by atoms with van der Waals surface area (Å²) in [6.07, 6.45) is 4.57. The van der Waals surface area contributed by atoms with Gasteiger partial charge in [0.1, 0.15) is 36.6 Å². The molecule has 5 aromatic carbocycles. The highest BCUT2D eigenvalue weighted by molar-refractivity contribution is 5.17. The van der Waals surface area contributed by atoms with Crippen molar-refractivity contribution in [2.45, 2.75) is 141 Å². The lowest BCUT2D eigenvalue weighted by molar-refractivity contribution is -0.255. The van der Waals surface area contributed by atoms with Gasteiger partial charge >= 0.3 is 0 Å². The largest absolute Gasteiger partial charge is 0.374 e. The first-order chi connectivity index (χ1) is 31.7. The van der Waals surface area contributed by atoms with E-state index < -0.39 is 49.2 Å². The lowest BCUT2D eigenvalue weighted by atomic mass is 10.1. The Kier molecular flexibility index (Phi) is 20.3. The summed E-state index contributed by atoms with van der Waals surface area (Å²) in [5, 5.41) is 0. The molecule has 0 saturated carbocycles. The van der Waals surface area contributed by atoms with Gasteiger partial charge in [-0.05, 0) is 34.2 Å². The molecular formula is C55H68O9. The van der Waals surface area contributed by atoms with Crippen molar-refractivity contribution in [1.29, 1.82) is 0 Å². The molecule has 7 rings (SSSR count). The van der Waals surface area contributed by atoms with E-state index in [4.69, 9.17) is 42.6 Å². The predicted molar refractivity (Wildman–Crippen MR) is 248 cm³/mol. The Bertz CT molecular complexity index is 1940. The molecule has 9 nitrogen and oxygen atoms in total. The highest BCUT2D eigenvalue weighted by Gasteiger charge is 2.53. The molecule has 2 fully saturated rings. The minimum atomic E-state index is -0.871. The van der Waals surface area contributed by atoms with Gasteiger partial charge in [-0.15, -0.1) is 0 Å². The molecule has 2 saturated heterocycles. The Balaban J connectivity index is 1.13. The van der Waals surface area contributed by atoms with Crippen LogP contribution in [-0.4, -0.2) is 69.0 Å². The van der Waals surface area contributed by atoms with Crippen molar-refractivity contribution in [3.8, 4) is 0 Å². The van der Waals surface area contributed by atoms with Crippen molar-refractivity contribution in [2.24, 2.45) is 0 Å². The van der Waals surface area contributed by atoms with Gasteiger partial charge in [0.2, 0.25) is 0 Å². The summed E-state index contributed by atoms with van der Waals surface area (Å²) in [6, 6.07) is 50.8. The molecule has 0 aliphatic carbocycles. The fourth-order valence-electron chi connectivity index (χ4n) is 8.24. The summed E-state index contributed by atoms with van der Waals surface area (Å²) in [6.45, 7) is 5.25. The minimum Gasteiger partial charge on any atom is -0.374 e. The zero-order valence-electron chi connectivity index (χ0n) is 37.5. The topological polar surface area (TPSA) is 83.1 Å². The van der Waals surface area contributed by atoms with E-state index in [9.17, 15) is 0 Å². The Morgan fingerprint density at radius 3 is 1.16 bits per heavy atom. The zero-order chi connectivity index (χ0) is 43.9. The van der Waals surface area contributed by atoms with Crippen molar-refractivity contribution >= 4 is 0 Å². The quantitative estimate of drug-likeness (QED) is 0.0436. The van der Waals surface area contributed by atoms with E-state index in [2.05, 4.69) is 67.6 Å². The molecule has 342 valence electrons. The molecule has 5 aromatic rings. The van der Waals surface area contributed by atoms with Gasteiger partial charge < -0.3 is 42.6 Å². The number of ether oxygens (including phenoxy) is 9. The van der Waals surface area contributed by atoms with Crippen LogP contribution < -0.4 is 0 Å². The summed E-state index contributed by atoms with van der Waals surface area (Å²) in [5.74, 6) is 0. The third-order valence-corrected chi connectivity index (χ3v) is 11.7. The monoisotopic (exact) mass is 872 g/mol. The first-order valence-electron chi connectivity index (χ1n) is 23.5. The predicted octanol–water partition coefficient (Wildman–Crippen LogP) is 11.2. The van der Waals surface area contributed by atoms with E-state index in [1.165, 1.54) is 38.5 Å². The Morgan fingerprint density at radius 2 is 0.719 bits per heavy atom. The molecule has 8 atom stereocenters. The smallest absolute Gasteiger partial charge is 0.187 e. The summed E-state index contributed by atoms with van der Waals surface area (Å²) >= 11 is 0. The normalized spacial score (nSPS) is 23.1. The molecule has 2 aliphatic rings. The molecule has 2 aliphatic heterocycles. The van der Waals surface area contributed by atoms with Crippen LogP contribution >= 0.6 is 0 Å². The van der Waals surface area contributed by atoms with Crippen LogP contribution in [0, 0.1) is 0 Å². The number of rotatable bonds is 29. The van der Waals surface area contributed by atoms with Gasteiger partial charge in [-0.3, -0.25) is 0 Å². The van der Waals surface area contributed by atoms with Crippen molar-refractivity contribution in [2.75, 3.05) is 19.8 Å². The lowest BCUT2D eigenvalue weighted by Crippen LogP contribution is -2.46. The van der Waals surface area contributed by atoms with Crippen LogP contribution in [0.4, 0.5) is 0 Å². The third-order valence-electron chi connectivity index (χ3n) is 11.7. The standard InChI is InChI=1S/C55H68O9/c1-2-3-4-5-6-7-8-24-35-58-54-53(51(60-39-46-31-20-12-21-32-46)49(62-54)42-57-37-44-27-16-10-17-28-44)64-55-52(61-40-47-33-22-13-23-34-47)50(59-38-45-29-18-11-19-30-45)48(63-55)41-56-36-43-25-14-9-15-26-43/h9-23,25-34,48-55H,2-8,24,35-42H2,1H3/t48-,49-,50-,51-,52+,53+,54+,55+/m1/s1. The second kappa shape index (κ2) is 27.3. The second-order valence-corrected chi connectivity index (χ2v) is 16.8. The maximum absolute atomic E-state index is 7.18. The second-order valence-electron chi connectivity index (χ2n) is 16.8. The molecule has 0 unspecified atom stereocenters. The van der Waals surface area contributed by atoms with E-state index in [-0.39, 0.29) is 13.2 Å². The maximum atomic E-state index is 7.18. The van der Waals surface area contributed by atoms with Crippen LogP contribution in [0.3, 0.4) is 0 Å². The molecule has 64 heavy (non-hydrogen) atoms. The average molecular weight is 873 g/mol. The minimum absolute atomic E-state index is 0.267. The van der Waals surface area contributed by atoms with Crippen molar-refractivity contribution in [3.05, 3.63) is 179 Å². The number of hydrogen-bond donors (Lipinski definition) is 0. The van der Waals surface area contributed by atoms with E-state index in [0.29, 0.717) is 39.6 Å². The Hall–Kier alpha value is -4.26. The van der Waals surface area contributed by atoms with Gasteiger partial charge in [0, 0.05) is 6.61 Å². The molecule has 0 radical (unpaired) electrons. The van der Waals surface area contributed by atoms with E-state index in [1.54, 1.807) is 0 Å². The molecule has 0 amide bonds. The highest BCUT2D eigenvalue weighted by atomic mass is 16.8. The number of unbranched alkanes of at least 4 members (excludes halogenated alkanes) is 7. The average Bonchev–Trinajstić information content (AvgIpc) is 3.85. The van der Waals surface area contributed by atoms with E-state index >= 15 is 0 Å². The van der Waals surface area contributed by atoms with Gasteiger partial charge in [-0.25, -0.2) is 0 Å². The Morgan fingerprint density at radius 1 is 0.359 bits per heavy atom. The molecule has 2 heterocycles. The van der Waals surface area contributed by atoms with E-state index in [1.807, 2.05) is 91.0 Å². The molecule has 0 spiro atoms. The van der Waals surface area contributed by atoms with Crippen molar-refractivity contribution in [3.63, 3.8) is 0 Å².